The number of benzene rings is 1. The van der Waals surface area contributed by atoms with Gasteiger partial charge in [-0.25, -0.2) is 14.6 Å². The SMILES string of the molecule is CC(C)C(C(=O)NC(CNC(=O)COC1CC(CNc2ccccn2)N(C(=O)O)C1)C(=O)O)c1ccccc1. The summed E-state index contributed by atoms with van der Waals surface area (Å²) in [5.41, 5.74) is 0.770. The Morgan fingerprint density at radius 3 is 2.41 bits per heavy atom. The predicted molar refractivity (Wildman–Crippen MR) is 142 cm³/mol. The van der Waals surface area contributed by atoms with Crippen molar-refractivity contribution in [2.24, 2.45) is 5.92 Å². The van der Waals surface area contributed by atoms with Crippen molar-refractivity contribution in [3.63, 3.8) is 0 Å². The van der Waals surface area contributed by atoms with Gasteiger partial charge in [-0.15, -0.1) is 0 Å². The summed E-state index contributed by atoms with van der Waals surface area (Å²) in [5, 5.41) is 27.3. The Labute approximate surface area is 226 Å². The Bertz CT molecular complexity index is 1120. The van der Waals surface area contributed by atoms with Gasteiger partial charge in [-0.3, -0.25) is 9.59 Å². The number of likely N-dealkylation sites (tertiary alicyclic amines) is 1. The Morgan fingerprint density at radius 1 is 1.08 bits per heavy atom. The number of anilines is 1. The van der Waals surface area contributed by atoms with E-state index in [2.05, 4.69) is 20.9 Å². The van der Waals surface area contributed by atoms with E-state index < -0.39 is 41.9 Å². The second kappa shape index (κ2) is 14.1. The van der Waals surface area contributed by atoms with Crippen LogP contribution in [-0.4, -0.2) is 88.4 Å². The average molecular weight is 542 g/mol. The molecule has 4 unspecified atom stereocenters. The number of nitrogens with zero attached hydrogens (tertiary/aromatic N) is 2. The van der Waals surface area contributed by atoms with E-state index in [1.54, 1.807) is 18.3 Å². The highest BCUT2D eigenvalue weighted by Crippen LogP contribution is 2.25. The van der Waals surface area contributed by atoms with Crippen LogP contribution < -0.4 is 16.0 Å². The smallest absolute Gasteiger partial charge is 0.407 e. The molecule has 12 heteroatoms. The normalized spacial score (nSPS) is 18.3. The third kappa shape index (κ3) is 8.67. The molecule has 5 N–H and O–H groups in total. The van der Waals surface area contributed by atoms with Crippen LogP contribution in [0.2, 0.25) is 0 Å². The fraction of sp³-hybridized carbons (Fsp3) is 0.444. The number of carboxylic acid groups (broad SMARTS) is 2. The van der Waals surface area contributed by atoms with Crippen molar-refractivity contribution in [3.8, 4) is 0 Å². The first-order valence-electron chi connectivity index (χ1n) is 12.8. The van der Waals surface area contributed by atoms with E-state index in [0.717, 1.165) is 5.56 Å². The van der Waals surface area contributed by atoms with Gasteiger partial charge in [-0.2, -0.15) is 0 Å². The summed E-state index contributed by atoms with van der Waals surface area (Å²) in [6.07, 6.45) is 0.412. The zero-order valence-electron chi connectivity index (χ0n) is 21.9. The van der Waals surface area contributed by atoms with E-state index >= 15 is 0 Å². The summed E-state index contributed by atoms with van der Waals surface area (Å²) in [6.45, 7) is 3.47. The monoisotopic (exact) mass is 541 g/mol. The van der Waals surface area contributed by atoms with Gasteiger partial charge in [0.1, 0.15) is 18.5 Å². The third-order valence-electron chi connectivity index (χ3n) is 6.48. The summed E-state index contributed by atoms with van der Waals surface area (Å²) >= 11 is 0. The van der Waals surface area contributed by atoms with Gasteiger partial charge < -0.3 is 35.8 Å². The number of ether oxygens (including phenoxy) is 1. The number of rotatable bonds is 13. The van der Waals surface area contributed by atoms with Crippen LogP contribution in [0.4, 0.5) is 10.6 Å². The van der Waals surface area contributed by atoms with Gasteiger partial charge >= 0.3 is 12.1 Å². The molecule has 1 aliphatic rings. The first kappa shape index (κ1) is 29.4. The number of aliphatic carboxylic acids is 1. The lowest BCUT2D eigenvalue weighted by molar-refractivity contribution is -0.142. The Hall–Kier alpha value is -4.19. The molecule has 1 aliphatic heterocycles. The molecule has 1 saturated heterocycles. The summed E-state index contributed by atoms with van der Waals surface area (Å²) in [5.74, 6) is -2.31. The quantitative estimate of drug-likeness (QED) is 0.253. The lowest BCUT2D eigenvalue weighted by Crippen LogP contribution is -2.50. The number of carboxylic acids is 1. The summed E-state index contributed by atoms with van der Waals surface area (Å²) < 4.78 is 5.63. The molecule has 1 aromatic carbocycles. The standard InChI is InChI=1S/C27H35N5O7/c1-17(2)24(18-8-4-3-5-9-18)25(34)31-21(26(35)36)14-30-23(33)16-39-20-12-19(32(15-20)27(37)38)13-29-22-10-6-7-11-28-22/h3-11,17,19-21,24H,12-16H2,1-2H3,(H,28,29)(H,30,33)(H,31,34)(H,35,36)(H,37,38). The van der Waals surface area contributed by atoms with Crippen molar-refractivity contribution in [2.45, 2.75) is 44.4 Å². The fourth-order valence-corrected chi connectivity index (χ4v) is 4.53. The Morgan fingerprint density at radius 2 is 1.79 bits per heavy atom. The zero-order valence-corrected chi connectivity index (χ0v) is 21.9. The van der Waals surface area contributed by atoms with Crippen LogP contribution in [0, 0.1) is 5.92 Å². The second-order valence-corrected chi connectivity index (χ2v) is 9.69. The number of hydrogen-bond donors (Lipinski definition) is 5. The molecule has 0 bridgehead atoms. The van der Waals surface area contributed by atoms with Crippen LogP contribution in [0.3, 0.4) is 0 Å². The van der Waals surface area contributed by atoms with E-state index in [1.807, 2.05) is 50.2 Å². The molecule has 2 aromatic rings. The molecule has 0 radical (unpaired) electrons. The molecule has 12 nitrogen and oxygen atoms in total. The molecule has 4 atom stereocenters. The maximum absolute atomic E-state index is 12.9. The van der Waals surface area contributed by atoms with Crippen molar-refractivity contribution in [1.29, 1.82) is 0 Å². The van der Waals surface area contributed by atoms with Crippen molar-refractivity contribution in [3.05, 3.63) is 60.3 Å². The lowest BCUT2D eigenvalue weighted by atomic mass is 9.87. The van der Waals surface area contributed by atoms with Crippen LogP contribution in [0.5, 0.6) is 0 Å². The lowest BCUT2D eigenvalue weighted by Gasteiger charge is -2.23. The van der Waals surface area contributed by atoms with Crippen molar-refractivity contribution >= 4 is 29.7 Å². The van der Waals surface area contributed by atoms with Crippen molar-refractivity contribution in [2.75, 3.05) is 31.6 Å². The molecular weight excluding hydrogens is 506 g/mol. The highest BCUT2D eigenvalue weighted by atomic mass is 16.5. The van der Waals surface area contributed by atoms with E-state index in [1.165, 1.54) is 4.90 Å². The largest absolute Gasteiger partial charge is 0.480 e. The number of aromatic nitrogens is 1. The Kier molecular flexibility index (Phi) is 10.6. The molecule has 2 heterocycles. The van der Waals surface area contributed by atoms with Gasteiger partial charge in [0, 0.05) is 19.3 Å². The van der Waals surface area contributed by atoms with Crippen LogP contribution in [0.25, 0.3) is 0 Å². The van der Waals surface area contributed by atoms with E-state index in [9.17, 15) is 29.4 Å². The maximum atomic E-state index is 12.9. The fourth-order valence-electron chi connectivity index (χ4n) is 4.53. The predicted octanol–water partition coefficient (Wildman–Crippen LogP) is 1.76. The van der Waals surface area contributed by atoms with Crippen LogP contribution >= 0.6 is 0 Å². The van der Waals surface area contributed by atoms with Gasteiger partial charge in [-0.05, 0) is 30.0 Å². The van der Waals surface area contributed by atoms with E-state index in [4.69, 9.17) is 4.74 Å². The number of carbonyl (C=O) groups is 4. The van der Waals surface area contributed by atoms with Gasteiger partial charge in [0.05, 0.1) is 24.6 Å². The molecule has 39 heavy (non-hydrogen) atoms. The van der Waals surface area contributed by atoms with E-state index in [0.29, 0.717) is 18.8 Å². The average Bonchev–Trinajstić information content (AvgIpc) is 3.33. The second-order valence-electron chi connectivity index (χ2n) is 9.69. The third-order valence-corrected chi connectivity index (χ3v) is 6.48. The molecule has 0 aliphatic carbocycles. The highest BCUT2D eigenvalue weighted by Gasteiger charge is 2.36. The van der Waals surface area contributed by atoms with Crippen molar-refractivity contribution < 1.29 is 34.1 Å². The molecule has 0 saturated carbocycles. The number of hydrogen-bond acceptors (Lipinski definition) is 7. The first-order valence-corrected chi connectivity index (χ1v) is 12.8. The van der Waals surface area contributed by atoms with Crippen LogP contribution in [-0.2, 0) is 19.1 Å². The molecule has 1 aromatic heterocycles. The maximum Gasteiger partial charge on any atom is 0.407 e. The van der Waals surface area contributed by atoms with Crippen LogP contribution in [0.1, 0.15) is 31.7 Å². The zero-order chi connectivity index (χ0) is 28.4. The van der Waals surface area contributed by atoms with Gasteiger partial charge in [0.15, 0.2) is 0 Å². The minimum atomic E-state index is -1.33. The summed E-state index contributed by atoms with van der Waals surface area (Å²) in [4.78, 5) is 54.2. The minimum Gasteiger partial charge on any atom is -0.480 e. The molecule has 210 valence electrons. The molecular formula is C27H35N5O7. The molecule has 0 spiro atoms. The van der Waals surface area contributed by atoms with Gasteiger partial charge in [0.2, 0.25) is 11.8 Å². The molecule has 3 amide bonds. The number of carbonyl (C=O) groups excluding carboxylic acids is 2. The van der Waals surface area contributed by atoms with Gasteiger partial charge in [-0.1, -0.05) is 50.2 Å². The highest BCUT2D eigenvalue weighted by molar-refractivity contribution is 5.89. The summed E-state index contributed by atoms with van der Waals surface area (Å²) in [7, 11) is 0. The summed E-state index contributed by atoms with van der Waals surface area (Å²) in [6, 6.07) is 12.7. The number of amides is 3. The molecule has 1 fully saturated rings. The minimum absolute atomic E-state index is 0.0791. The van der Waals surface area contributed by atoms with Gasteiger partial charge in [0.25, 0.3) is 0 Å². The van der Waals surface area contributed by atoms with E-state index in [-0.39, 0.29) is 31.7 Å². The number of nitrogens with one attached hydrogen (secondary N) is 3. The number of pyridine rings is 1. The molecule has 3 rings (SSSR count). The Balaban J connectivity index is 1.48. The first-order chi connectivity index (χ1) is 18.7. The van der Waals surface area contributed by atoms with Crippen molar-refractivity contribution in [1.82, 2.24) is 20.5 Å². The topological polar surface area (TPSA) is 170 Å². The van der Waals surface area contributed by atoms with Crippen LogP contribution in [0.15, 0.2) is 54.7 Å².